The molecule has 3 heterocycles. The SMILES string of the molecule is CC(C)[C@H](C)N1CC2CC(C1)N2. The van der Waals surface area contributed by atoms with Crippen molar-refractivity contribution in [2.75, 3.05) is 13.1 Å². The average Bonchev–Trinajstić information content (AvgIpc) is 2.02. The van der Waals surface area contributed by atoms with Crippen LogP contribution in [0.5, 0.6) is 0 Å². The maximum atomic E-state index is 3.56. The first-order valence-electron chi connectivity index (χ1n) is 5.17. The van der Waals surface area contributed by atoms with Gasteiger partial charge in [-0.2, -0.15) is 0 Å². The maximum absolute atomic E-state index is 3.56. The van der Waals surface area contributed by atoms with Crippen molar-refractivity contribution in [2.45, 2.75) is 45.3 Å². The molecule has 0 saturated carbocycles. The normalized spacial score (nSPS) is 38.0. The van der Waals surface area contributed by atoms with Crippen LogP contribution in [-0.4, -0.2) is 36.1 Å². The Labute approximate surface area is 75.3 Å². The summed E-state index contributed by atoms with van der Waals surface area (Å²) < 4.78 is 0. The van der Waals surface area contributed by atoms with Crippen LogP contribution >= 0.6 is 0 Å². The van der Waals surface area contributed by atoms with Crippen molar-refractivity contribution in [1.82, 2.24) is 10.2 Å². The van der Waals surface area contributed by atoms with E-state index in [0.29, 0.717) is 0 Å². The van der Waals surface area contributed by atoms with Gasteiger partial charge in [0.1, 0.15) is 0 Å². The van der Waals surface area contributed by atoms with E-state index in [2.05, 4.69) is 31.0 Å². The van der Waals surface area contributed by atoms with Crippen LogP contribution in [0.1, 0.15) is 27.2 Å². The van der Waals surface area contributed by atoms with Gasteiger partial charge in [-0.15, -0.1) is 0 Å². The molecule has 2 bridgehead atoms. The Balaban J connectivity index is 1.89. The van der Waals surface area contributed by atoms with Crippen LogP contribution in [0.15, 0.2) is 0 Å². The molecule has 2 unspecified atom stereocenters. The molecule has 1 N–H and O–H groups in total. The monoisotopic (exact) mass is 168 g/mol. The lowest BCUT2D eigenvalue weighted by Gasteiger charge is -2.51. The molecule has 0 amide bonds. The lowest BCUT2D eigenvalue weighted by molar-refractivity contribution is 0.0367. The molecule has 0 aliphatic carbocycles. The van der Waals surface area contributed by atoms with Gasteiger partial charge in [-0.3, -0.25) is 4.90 Å². The number of rotatable bonds is 2. The van der Waals surface area contributed by atoms with Gasteiger partial charge in [-0.1, -0.05) is 13.8 Å². The summed E-state index contributed by atoms with van der Waals surface area (Å²) in [7, 11) is 0. The highest BCUT2D eigenvalue weighted by Crippen LogP contribution is 2.24. The third-order valence-corrected chi connectivity index (χ3v) is 3.49. The molecule has 2 heteroatoms. The Kier molecular flexibility index (Phi) is 2.13. The molecule has 0 aromatic rings. The lowest BCUT2D eigenvalue weighted by atomic mass is 9.89. The van der Waals surface area contributed by atoms with Gasteiger partial charge in [0.25, 0.3) is 0 Å². The van der Waals surface area contributed by atoms with Gasteiger partial charge in [0, 0.05) is 31.2 Å². The van der Waals surface area contributed by atoms with Crippen LogP contribution in [0.3, 0.4) is 0 Å². The quantitative estimate of drug-likeness (QED) is 0.663. The topological polar surface area (TPSA) is 15.3 Å². The van der Waals surface area contributed by atoms with E-state index in [1.807, 2.05) is 0 Å². The number of piperazine rings is 1. The van der Waals surface area contributed by atoms with E-state index in [-0.39, 0.29) is 0 Å². The predicted molar refractivity (Wildman–Crippen MR) is 51.2 cm³/mol. The molecule has 0 aromatic carbocycles. The number of hydrogen-bond donors (Lipinski definition) is 1. The van der Waals surface area contributed by atoms with Crippen molar-refractivity contribution in [3.05, 3.63) is 0 Å². The smallest absolute Gasteiger partial charge is 0.0213 e. The summed E-state index contributed by atoms with van der Waals surface area (Å²) in [4.78, 5) is 2.64. The van der Waals surface area contributed by atoms with Crippen molar-refractivity contribution in [1.29, 1.82) is 0 Å². The van der Waals surface area contributed by atoms with Crippen molar-refractivity contribution in [3.63, 3.8) is 0 Å². The molecule has 12 heavy (non-hydrogen) atoms. The molecule has 3 fully saturated rings. The van der Waals surface area contributed by atoms with Gasteiger partial charge in [0.05, 0.1) is 0 Å². The highest BCUT2D eigenvalue weighted by molar-refractivity contribution is 4.98. The molecule has 3 aliphatic rings. The van der Waals surface area contributed by atoms with Gasteiger partial charge in [0.15, 0.2) is 0 Å². The minimum atomic E-state index is 0.761. The minimum Gasteiger partial charge on any atom is -0.309 e. The molecule has 0 spiro atoms. The summed E-state index contributed by atoms with van der Waals surface area (Å²) in [6.07, 6.45) is 1.42. The Morgan fingerprint density at radius 2 is 1.67 bits per heavy atom. The van der Waals surface area contributed by atoms with E-state index >= 15 is 0 Å². The van der Waals surface area contributed by atoms with Gasteiger partial charge in [-0.05, 0) is 19.3 Å². The first-order valence-corrected chi connectivity index (χ1v) is 5.17. The van der Waals surface area contributed by atoms with Gasteiger partial charge >= 0.3 is 0 Å². The molecule has 2 nitrogen and oxygen atoms in total. The highest BCUT2D eigenvalue weighted by Gasteiger charge is 2.38. The van der Waals surface area contributed by atoms with Gasteiger partial charge in [0.2, 0.25) is 0 Å². The minimum absolute atomic E-state index is 0.761. The van der Waals surface area contributed by atoms with Crippen LogP contribution in [0.25, 0.3) is 0 Å². The fraction of sp³-hybridized carbons (Fsp3) is 1.00. The van der Waals surface area contributed by atoms with E-state index in [0.717, 1.165) is 24.0 Å². The van der Waals surface area contributed by atoms with Crippen LogP contribution < -0.4 is 5.32 Å². The Morgan fingerprint density at radius 1 is 1.17 bits per heavy atom. The van der Waals surface area contributed by atoms with E-state index in [1.165, 1.54) is 19.5 Å². The Morgan fingerprint density at radius 3 is 2.08 bits per heavy atom. The molecular weight excluding hydrogens is 148 g/mol. The first-order chi connectivity index (χ1) is 5.66. The second kappa shape index (κ2) is 3.00. The summed E-state index contributed by atoms with van der Waals surface area (Å²) in [5.41, 5.74) is 0. The number of fused-ring (bicyclic) bond motifs is 2. The van der Waals surface area contributed by atoms with Crippen LogP contribution in [0, 0.1) is 5.92 Å². The van der Waals surface area contributed by atoms with Crippen molar-refractivity contribution in [2.24, 2.45) is 5.92 Å². The van der Waals surface area contributed by atoms with Gasteiger partial charge in [-0.25, -0.2) is 0 Å². The second-order valence-corrected chi connectivity index (χ2v) is 4.73. The molecule has 0 aromatic heterocycles. The van der Waals surface area contributed by atoms with E-state index < -0.39 is 0 Å². The van der Waals surface area contributed by atoms with Gasteiger partial charge < -0.3 is 5.32 Å². The second-order valence-electron chi connectivity index (χ2n) is 4.73. The summed E-state index contributed by atoms with van der Waals surface area (Å²) in [6, 6.07) is 2.38. The number of nitrogens with zero attached hydrogens (tertiary/aromatic N) is 1. The standard InChI is InChI=1S/C10H20N2/c1-7(2)8(3)12-5-9-4-10(6-12)11-9/h7-11H,4-6H2,1-3H3/t8-,9?,10?/m0/s1. The fourth-order valence-electron chi connectivity index (χ4n) is 2.30. The zero-order chi connectivity index (χ0) is 8.72. The number of nitrogens with one attached hydrogen (secondary N) is 1. The van der Waals surface area contributed by atoms with Crippen LogP contribution in [0.2, 0.25) is 0 Å². The van der Waals surface area contributed by atoms with E-state index in [4.69, 9.17) is 0 Å². The third-order valence-electron chi connectivity index (χ3n) is 3.49. The zero-order valence-electron chi connectivity index (χ0n) is 8.38. The zero-order valence-corrected chi connectivity index (χ0v) is 8.38. The molecule has 70 valence electrons. The van der Waals surface area contributed by atoms with Crippen LogP contribution in [-0.2, 0) is 0 Å². The Bertz CT molecular complexity index is 151. The van der Waals surface area contributed by atoms with Crippen molar-refractivity contribution >= 4 is 0 Å². The third kappa shape index (κ3) is 1.38. The maximum Gasteiger partial charge on any atom is 0.0213 e. The average molecular weight is 168 g/mol. The predicted octanol–water partition coefficient (Wildman–Crippen LogP) is 1.08. The molecule has 3 atom stereocenters. The molecular formula is C10H20N2. The van der Waals surface area contributed by atoms with E-state index in [9.17, 15) is 0 Å². The van der Waals surface area contributed by atoms with Crippen LogP contribution in [0.4, 0.5) is 0 Å². The van der Waals surface area contributed by atoms with Crippen molar-refractivity contribution in [3.8, 4) is 0 Å². The molecule has 3 aliphatic heterocycles. The largest absolute Gasteiger partial charge is 0.309 e. The number of hydrogen-bond acceptors (Lipinski definition) is 2. The van der Waals surface area contributed by atoms with E-state index in [1.54, 1.807) is 0 Å². The fourth-order valence-corrected chi connectivity index (χ4v) is 2.30. The lowest BCUT2D eigenvalue weighted by Crippen LogP contribution is -2.68. The molecule has 3 rings (SSSR count). The van der Waals surface area contributed by atoms with Crippen molar-refractivity contribution < 1.29 is 0 Å². The Hall–Kier alpha value is -0.0800. The summed E-state index contributed by atoms with van der Waals surface area (Å²) >= 11 is 0. The molecule has 0 radical (unpaired) electrons. The molecule has 3 saturated heterocycles. The summed E-state index contributed by atoms with van der Waals surface area (Å²) in [6.45, 7) is 9.54. The first kappa shape index (κ1) is 8.52. The number of piperidine rings is 1. The summed E-state index contributed by atoms with van der Waals surface area (Å²) in [5.74, 6) is 0.794. The highest BCUT2D eigenvalue weighted by atomic mass is 15.3. The summed E-state index contributed by atoms with van der Waals surface area (Å²) in [5, 5.41) is 3.56.